The van der Waals surface area contributed by atoms with E-state index >= 15 is 0 Å². The first-order valence-corrected chi connectivity index (χ1v) is 7.52. The fraction of sp³-hybridized carbons (Fsp3) is 0.235. The predicted molar refractivity (Wildman–Crippen MR) is 89.5 cm³/mol. The molecule has 1 aliphatic rings. The number of hydrogen-bond donors (Lipinski definition) is 1. The first kappa shape index (κ1) is 15.2. The number of quaternary nitrogens is 1. The summed E-state index contributed by atoms with van der Waals surface area (Å²) in [6, 6.07) is 7.82. The number of rotatable bonds is 5. The Kier molecular flexibility index (Phi) is 4.08. The molecule has 1 amide bonds. The highest BCUT2D eigenvalue weighted by Gasteiger charge is 2.31. The molecule has 2 aromatic rings. The number of para-hydroxylation sites is 1. The normalized spacial score (nSPS) is 19.2. The van der Waals surface area contributed by atoms with Crippen molar-refractivity contribution in [2.24, 2.45) is 5.10 Å². The van der Waals surface area contributed by atoms with Crippen LogP contribution in [0, 0.1) is 13.8 Å². The zero-order valence-corrected chi connectivity index (χ0v) is 13.3. The lowest BCUT2D eigenvalue weighted by Crippen LogP contribution is -2.43. The Morgan fingerprint density at radius 1 is 1.26 bits per heavy atom. The summed E-state index contributed by atoms with van der Waals surface area (Å²) in [5, 5.41) is 11.7. The van der Waals surface area contributed by atoms with Crippen LogP contribution in [0.15, 0.2) is 54.0 Å². The van der Waals surface area contributed by atoms with Gasteiger partial charge in [-0.2, -0.15) is 5.10 Å². The van der Waals surface area contributed by atoms with Gasteiger partial charge < -0.3 is 5.32 Å². The number of nitrogens with one attached hydrogen (secondary N) is 1. The van der Waals surface area contributed by atoms with E-state index in [-0.39, 0.29) is 17.0 Å². The SMILES string of the molecule is Cc1cccc(C)c1NC(=O)C[N+]1(Cn2cccn2)C=CC=N1. The number of carbonyl (C=O) groups is 1. The lowest BCUT2D eigenvalue weighted by atomic mass is 10.1. The maximum absolute atomic E-state index is 12.5. The van der Waals surface area contributed by atoms with E-state index in [0.717, 1.165) is 16.8 Å². The van der Waals surface area contributed by atoms with Crippen LogP contribution in [-0.2, 0) is 11.5 Å². The number of carbonyl (C=O) groups excluding carboxylic acids is 1. The Labute approximate surface area is 135 Å². The summed E-state index contributed by atoms with van der Waals surface area (Å²) in [6.45, 7) is 4.69. The summed E-state index contributed by atoms with van der Waals surface area (Å²) in [6.07, 6.45) is 9.07. The molecule has 1 aliphatic heterocycles. The Balaban J connectivity index is 1.75. The third-order valence-electron chi connectivity index (χ3n) is 3.86. The molecule has 1 unspecified atom stereocenters. The highest BCUT2D eigenvalue weighted by molar-refractivity contribution is 5.93. The van der Waals surface area contributed by atoms with Crippen molar-refractivity contribution < 1.29 is 9.39 Å². The second kappa shape index (κ2) is 6.18. The largest absolute Gasteiger partial charge is 0.321 e. The Morgan fingerprint density at radius 2 is 2.04 bits per heavy atom. The van der Waals surface area contributed by atoms with Crippen molar-refractivity contribution >= 4 is 17.8 Å². The molecule has 0 fully saturated rings. The van der Waals surface area contributed by atoms with Crippen molar-refractivity contribution in [2.45, 2.75) is 20.5 Å². The molecular weight excluding hydrogens is 290 g/mol. The van der Waals surface area contributed by atoms with Gasteiger partial charge in [0.2, 0.25) is 6.67 Å². The maximum Gasteiger partial charge on any atom is 0.282 e. The van der Waals surface area contributed by atoms with Crippen LogP contribution in [-0.4, -0.2) is 33.0 Å². The van der Waals surface area contributed by atoms with Crippen molar-refractivity contribution in [3.8, 4) is 0 Å². The molecule has 0 spiro atoms. The number of anilines is 1. The lowest BCUT2D eigenvalue weighted by molar-refractivity contribution is -0.898. The quantitative estimate of drug-likeness (QED) is 0.862. The van der Waals surface area contributed by atoms with E-state index in [1.54, 1.807) is 17.1 Å². The molecule has 2 heterocycles. The third-order valence-corrected chi connectivity index (χ3v) is 3.86. The summed E-state index contributed by atoms with van der Waals surface area (Å²) >= 11 is 0. The molecule has 0 radical (unpaired) electrons. The van der Waals surface area contributed by atoms with E-state index in [1.807, 2.05) is 56.6 Å². The van der Waals surface area contributed by atoms with Gasteiger partial charge >= 0.3 is 0 Å². The summed E-state index contributed by atoms with van der Waals surface area (Å²) in [5.41, 5.74) is 2.98. The van der Waals surface area contributed by atoms with E-state index in [9.17, 15) is 4.79 Å². The molecule has 6 heteroatoms. The molecular formula is C17H20N5O+. The molecule has 0 bridgehead atoms. The second-order valence-corrected chi connectivity index (χ2v) is 5.75. The summed E-state index contributed by atoms with van der Waals surface area (Å²) < 4.78 is 1.96. The molecule has 0 aliphatic carbocycles. The van der Waals surface area contributed by atoms with Gasteiger partial charge in [0.1, 0.15) is 6.20 Å². The van der Waals surface area contributed by atoms with Gasteiger partial charge in [-0.05, 0) is 31.0 Å². The van der Waals surface area contributed by atoms with Gasteiger partial charge in [0.05, 0.1) is 6.21 Å². The Bertz CT molecular complexity index is 729. The van der Waals surface area contributed by atoms with E-state index < -0.39 is 0 Å². The maximum atomic E-state index is 12.5. The van der Waals surface area contributed by atoms with Crippen LogP contribution in [0.5, 0.6) is 0 Å². The standard InChI is InChI=1S/C17H19N5O/c1-14-6-3-7-15(2)17(14)20-16(23)12-22(11-5-9-19-22)13-21-10-4-8-18-21/h3-11H,12-13H2,1-2H3/p+1. The number of nitrogens with zero attached hydrogens (tertiary/aromatic N) is 4. The van der Waals surface area contributed by atoms with Crippen LogP contribution in [0.3, 0.4) is 0 Å². The molecule has 118 valence electrons. The first-order valence-electron chi connectivity index (χ1n) is 7.52. The fourth-order valence-electron chi connectivity index (χ4n) is 2.71. The zero-order chi connectivity index (χ0) is 16.3. The summed E-state index contributed by atoms with van der Waals surface area (Å²) in [7, 11) is 0. The van der Waals surface area contributed by atoms with Gasteiger partial charge in [0.25, 0.3) is 5.91 Å². The van der Waals surface area contributed by atoms with Gasteiger partial charge in [0.15, 0.2) is 6.54 Å². The summed E-state index contributed by atoms with van der Waals surface area (Å²) in [4.78, 5) is 12.5. The van der Waals surface area contributed by atoms with Crippen LogP contribution in [0.25, 0.3) is 0 Å². The third kappa shape index (κ3) is 3.37. The van der Waals surface area contributed by atoms with E-state index in [0.29, 0.717) is 6.67 Å². The van der Waals surface area contributed by atoms with Crippen molar-refractivity contribution in [3.05, 3.63) is 60.1 Å². The van der Waals surface area contributed by atoms with Gasteiger partial charge in [-0.3, -0.25) is 4.79 Å². The molecule has 0 saturated heterocycles. The number of hydrogen-bond acceptors (Lipinski definition) is 3. The number of aryl methyl sites for hydroxylation is 2. The average Bonchev–Trinajstić information content (AvgIpc) is 3.16. The van der Waals surface area contributed by atoms with Crippen LogP contribution < -0.4 is 5.32 Å². The van der Waals surface area contributed by atoms with Gasteiger partial charge in [-0.1, -0.05) is 23.3 Å². The van der Waals surface area contributed by atoms with Crippen LogP contribution in [0.2, 0.25) is 0 Å². The van der Waals surface area contributed by atoms with Gasteiger partial charge in [-0.15, -0.1) is 4.59 Å². The first-order chi connectivity index (χ1) is 11.1. The molecule has 0 saturated carbocycles. The minimum absolute atomic E-state index is 0.0711. The van der Waals surface area contributed by atoms with Gasteiger partial charge in [0, 0.05) is 24.2 Å². The zero-order valence-electron chi connectivity index (χ0n) is 13.3. The molecule has 1 atom stereocenters. The highest BCUT2D eigenvalue weighted by atomic mass is 16.2. The minimum Gasteiger partial charge on any atom is -0.321 e. The van der Waals surface area contributed by atoms with Crippen molar-refractivity contribution in [2.75, 3.05) is 11.9 Å². The van der Waals surface area contributed by atoms with Crippen molar-refractivity contribution in [1.82, 2.24) is 9.78 Å². The Hall–Kier alpha value is -2.73. The summed E-state index contributed by atoms with van der Waals surface area (Å²) in [5.74, 6) is -0.0711. The molecule has 1 aromatic heterocycles. The lowest BCUT2D eigenvalue weighted by Gasteiger charge is -2.25. The second-order valence-electron chi connectivity index (χ2n) is 5.75. The molecule has 23 heavy (non-hydrogen) atoms. The molecule has 3 rings (SSSR count). The van der Waals surface area contributed by atoms with Gasteiger partial charge in [-0.25, -0.2) is 4.68 Å². The molecule has 1 aromatic carbocycles. The van der Waals surface area contributed by atoms with Crippen LogP contribution in [0.4, 0.5) is 5.69 Å². The number of allylic oxidation sites excluding steroid dienone is 1. The van der Waals surface area contributed by atoms with E-state index in [1.165, 1.54) is 0 Å². The monoisotopic (exact) mass is 310 g/mol. The Morgan fingerprint density at radius 3 is 2.65 bits per heavy atom. The fourth-order valence-corrected chi connectivity index (χ4v) is 2.71. The topological polar surface area (TPSA) is 59.3 Å². The number of amides is 1. The minimum atomic E-state index is -0.0711. The van der Waals surface area contributed by atoms with Crippen molar-refractivity contribution in [3.63, 3.8) is 0 Å². The van der Waals surface area contributed by atoms with Crippen molar-refractivity contribution in [1.29, 1.82) is 0 Å². The van der Waals surface area contributed by atoms with Crippen LogP contribution in [0.1, 0.15) is 11.1 Å². The van der Waals surface area contributed by atoms with Crippen LogP contribution >= 0.6 is 0 Å². The highest BCUT2D eigenvalue weighted by Crippen LogP contribution is 2.21. The number of benzene rings is 1. The average molecular weight is 310 g/mol. The molecule has 1 N–H and O–H groups in total. The smallest absolute Gasteiger partial charge is 0.282 e. The molecule has 6 nitrogen and oxygen atoms in total. The number of aromatic nitrogens is 2. The predicted octanol–water partition coefficient (Wildman–Crippen LogP) is 2.43. The van der Waals surface area contributed by atoms with E-state index in [4.69, 9.17) is 0 Å². The van der Waals surface area contributed by atoms with E-state index in [2.05, 4.69) is 15.5 Å².